The van der Waals surface area contributed by atoms with Crippen molar-refractivity contribution in [1.82, 2.24) is 26.6 Å². The number of fused-ring (bicyclic) bond motifs is 2. The zero-order valence-corrected chi connectivity index (χ0v) is 33.0. The van der Waals surface area contributed by atoms with Crippen LogP contribution in [0.25, 0.3) is 21.5 Å². The van der Waals surface area contributed by atoms with E-state index in [0.717, 1.165) is 38.2 Å². The zero-order valence-electron chi connectivity index (χ0n) is 33.0. The molecule has 0 aromatic heterocycles. The fourth-order valence-corrected chi connectivity index (χ4v) is 6.97. The van der Waals surface area contributed by atoms with Crippen molar-refractivity contribution in [2.75, 3.05) is 20.1 Å². The lowest BCUT2D eigenvalue weighted by Crippen LogP contribution is -2.59. The number of nitrogens with one attached hydrogen (secondary N) is 5. The van der Waals surface area contributed by atoms with Crippen molar-refractivity contribution in [3.8, 4) is 0 Å². The maximum atomic E-state index is 14.5. The first-order chi connectivity index (χ1) is 28.1. The van der Waals surface area contributed by atoms with E-state index in [1.54, 1.807) is 0 Å². The van der Waals surface area contributed by atoms with E-state index in [2.05, 4.69) is 26.6 Å². The lowest BCUT2D eigenvalue weighted by atomic mass is 9.98. The molecular formula is C46H55N7O5. The highest BCUT2D eigenvalue weighted by molar-refractivity contribution is 5.96. The van der Waals surface area contributed by atoms with Gasteiger partial charge in [-0.2, -0.15) is 0 Å². The van der Waals surface area contributed by atoms with E-state index in [-0.39, 0.29) is 31.6 Å². The number of carbonyl (C=O) groups excluding carboxylic acids is 5. The maximum Gasteiger partial charge on any atom is 0.243 e. The first-order valence-electron chi connectivity index (χ1n) is 20.0. The predicted molar refractivity (Wildman–Crippen MR) is 228 cm³/mol. The summed E-state index contributed by atoms with van der Waals surface area (Å²) < 4.78 is 0. The quantitative estimate of drug-likeness (QED) is 0.0521. The maximum absolute atomic E-state index is 14.5. The van der Waals surface area contributed by atoms with Crippen molar-refractivity contribution in [1.29, 1.82) is 0 Å². The molecule has 58 heavy (non-hydrogen) atoms. The molecule has 12 nitrogen and oxygen atoms in total. The molecule has 0 saturated heterocycles. The molecule has 304 valence electrons. The van der Waals surface area contributed by atoms with E-state index in [9.17, 15) is 24.0 Å². The summed E-state index contributed by atoms with van der Waals surface area (Å²) >= 11 is 0. The first kappa shape index (κ1) is 43.0. The number of rotatable bonds is 22. The third-order valence-corrected chi connectivity index (χ3v) is 10.1. The van der Waals surface area contributed by atoms with Gasteiger partial charge in [-0.1, -0.05) is 115 Å². The summed E-state index contributed by atoms with van der Waals surface area (Å²) in [4.78, 5) is 68.4. The van der Waals surface area contributed by atoms with Gasteiger partial charge in [-0.15, -0.1) is 0 Å². The van der Waals surface area contributed by atoms with E-state index in [1.807, 2.05) is 122 Å². The van der Waals surface area contributed by atoms with E-state index >= 15 is 0 Å². The average Bonchev–Trinajstić information content (AvgIpc) is 3.22. The number of carbonyl (C=O) groups is 5. The second-order valence-electron chi connectivity index (χ2n) is 14.7. The van der Waals surface area contributed by atoms with Crippen molar-refractivity contribution in [3.63, 3.8) is 0 Å². The van der Waals surface area contributed by atoms with Crippen LogP contribution in [0.4, 0.5) is 0 Å². The van der Waals surface area contributed by atoms with Crippen LogP contribution in [0.1, 0.15) is 48.8 Å². The molecule has 0 spiro atoms. The molecule has 5 aromatic rings. The number of primary amides is 1. The summed E-state index contributed by atoms with van der Waals surface area (Å²) in [5, 5.41) is 18.6. The minimum absolute atomic E-state index is 0.0872. The van der Waals surface area contributed by atoms with Crippen molar-refractivity contribution in [3.05, 3.63) is 132 Å². The van der Waals surface area contributed by atoms with Gasteiger partial charge in [0.25, 0.3) is 0 Å². The Hall–Kier alpha value is -6.11. The second kappa shape index (κ2) is 22.0. The van der Waals surface area contributed by atoms with Crippen LogP contribution in [0.15, 0.2) is 115 Å². The van der Waals surface area contributed by atoms with Gasteiger partial charge in [0.2, 0.25) is 29.5 Å². The lowest BCUT2D eigenvalue weighted by Gasteiger charge is -2.27. The van der Waals surface area contributed by atoms with E-state index < -0.39 is 47.8 Å². The number of unbranched alkanes of at least 4 members (excludes halogenated alkanes) is 1. The summed E-state index contributed by atoms with van der Waals surface area (Å²) in [6.07, 6.45) is 2.68. The van der Waals surface area contributed by atoms with Gasteiger partial charge >= 0.3 is 0 Å². The predicted octanol–water partition coefficient (Wildman–Crippen LogP) is 3.57. The summed E-state index contributed by atoms with van der Waals surface area (Å²) in [7, 11) is 1.81. The third-order valence-electron chi connectivity index (χ3n) is 10.1. The first-order valence-corrected chi connectivity index (χ1v) is 20.0. The molecule has 0 radical (unpaired) electrons. The Morgan fingerprint density at radius 3 is 1.48 bits per heavy atom. The van der Waals surface area contributed by atoms with Gasteiger partial charge in [-0.3, -0.25) is 24.0 Å². The number of benzene rings is 5. The molecule has 12 heteroatoms. The van der Waals surface area contributed by atoms with Gasteiger partial charge in [-0.05, 0) is 84.1 Å². The smallest absolute Gasteiger partial charge is 0.243 e. The van der Waals surface area contributed by atoms with Crippen LogP contribution in [0.5, 0.6) is 0 Å². The molecule has 0 heterocycles. The lowest BCUT2D eigenvalue weighted by molar-refractivity contribution is -0.134. The van der Waals surface area contributed by atoms with Crippen molar-refractivity contribution >= 4 is 51.1 Å². The number of hydrogen-bond acceptors (Lipinski definition) is 7. The molecule has 4 atom stereocenters. The summed E-state index contributed by atoms with van der Waals surface area (Å²) in [6.45, 7) is 1.06. The highest BCUT2D eigenvalue weighted by Gasteiger charge is 2.32. The SMILES string of the molecule is CNCCCC(=O)NC(Cc1ccc2ccccc2c1)C(=O)N[C@H](Cc1ccc2ccccc2c1)C(=O)N[C@@H](Cc1ccccc1)C(=O)NC(CCCCN)C(N)=O. The Bertz CT molecular complexity index is 2160. The standard InChI is InChI=1S/C46H55N7O5/c1-49-25-11-19-42(54)50-39(29-32-20-22-34-14-5-7-16-36(34)26-32)44(56)53-41(30-33-21-23-35-15-6-8-17-37(35)27-33)46(58)52-40(28-31-12-3-2-4-13-31)45(57)51-38(43(48)55)18-9-10-24-47/h2-8,12-17,20-23,26-27,38-41,49H,9-11,18-19,24-25,28-30,47H2,1H3,(H2,48,55)(H,50,54)(H,51,57)(H,52,58)(H,53,56)/t38?,39?,40-,41+/m0/s1. The van der Waals surface area contributed by atoms with Crippen LogP contribution >= 0.6 is 0 Å². The Kier molecular flexibility index (Phi) is 16.3. The van der Waals surface area contributed by atoms with Crippen LogP contribution in [0, 0.1) is 0 Å². The highest BCUT2D eigenvalue weighted by atomic mass is 16.2. The average molecular weight is 786 g/mol. The molecule has 0 aliphatic heterocycles. The minimum Gasteiger partial charge on any atom is -0.368 e. The molecule has 0 bridgehead atoms. The number of amides is 5. The van der Waals surface area contributed by atoms with Crippen LogP contribution < -0.4 is 38.1 Å². The van der Waals surface area contributed by atoms with Gasteiger partial charge in [0.1, 0.15) is 24.2 Å². The van der Waals surface area contributed by atoms with Gasteiger partial charge in [0.15, 0.2) is 0 Å². The molecule has 0 aliphatic carbocycles. The molecular weight excluding hydrogens is 731 g/mol. The normalized spacial score (nSPS) is 13.2. The van der Waals surface area contributed by atoms with Crippen LogP contribution in [-0.2, 0) is 43.2 Å². The van der Waals surface area contributed by atoms with Gasteiger partial charge < -0.3 is 38.1 Å². The molecule has 2 unspecified atom stereocenters. The Balaban J connectivity index is 1.44. The Morgan fingerprint density at radius 2 is 0.983 bits per heavy atom. The fraction of sp³-hybridized carbons (Fsp3) is 0.326. The van der Waals surface area contributed by atoms with Crippen LogP contribution in [0.2, 0.25) is 0 Å². The highest BCUT2D eigenvalue weighted by Crippen LogP contribution is 2.19. The van der Waals surface area contributed by atoms with Gasteiger partial charge in [0.05, 0.1) is 0 Å². The van der Waals surface area contributed by atoms with Gasteiger partial charge in [-0.25, -0.2) is 0 Å². The molecule has 5 rings (SSSR count). The molecule has 0 saturated carbocycles. The third kappa shape index (κ3) is 13.0. The topological polar surface area (TPSA) is 198 Å². The zero-order chi connectivity index (χ0) is 41.3. The fourth-order valence-electron chi connectivity index (χ4n) is 6.97. The van der Waals surface area contributed by atoms with Gasteiger partial charge in [0, 0.05) is 25.7 Å². The molecule has 0 fully saturated rings. The van der Waals surface area contributed by atoms with Crippen molar-refractivity contribution < 1.29 is 24.0 Å². The molecule has 0 aliphatic rings. The summed E-state index contributed by atoms with van der Waals surface area (Å²) in [5.41, 5.74) is 13.7. The second-order valence-corrected chi connectivity index (χ2v) is 14.7. The van der Waals surface area contributed by atoms with Crippen LogP contribution in [-0.4, -0.2) is 73.8 Å². The summed E-state index contributed by atoms with van der Waals surface area (Å²) in [5.74, 6) is -2.73. The number of nitrogens with two attached hydrogens (primary N) is 2. The van der Waals surface area contributed by atoms with Crippen molar-refractivity contribution in [2.24, 2.45) is 11.5 Å². The van der Waals surface area contributed by atoms with Crippen molar-refractivity contribution in [2.45, 2.75) is 75.5 Å². The van der Waals surface area contributed by atoms with E-state index in [0.29, 0.717) is 38.8 Å². The van der Waals surface area contributed by atoms with Crippen LogP contribution in [0.3, 0.4) is 0 Å². The molecule has 9 N–H and O–H groups in total. The van der Waals surface area contributed by atoms with E-state index in [4.69, 9.17) is 11.5 Å². The summed E-state index contributed by atoms with van der Waals surface area (Å²) in [6, 6.07) is 32.4. The van der Waals surface area contributed by atoms with E-state index in [1.165, 1.54) is 0 Å². The minimum atomic E-state index is -1.16. The monoisotopic (exact) mass is 785 g/mol. The molecule has 5 amide bonds. The Morgan fingerprint density at radius 1 is 0.517 bits per heavy atom. The molecule has 5 aromatic carbocycles. The number of hydrogen-bond donors (Lipinski definition) is 7. The largest absolute Gasteiger partial charge is 0.368 e. The Labute approximate surface area is 339 Å².